The molecule has 18 heavy (non-hydrogen) atoms. The molecule has 0 aliphatic rings. The van der Waals surface area contributed by atoms with E-state index in [-0.39, 0.29) is 0 Å². The van der Waals surface area contributed by atoms with E-state index in [1.165, 1.54) is 0 Å². The van der Waals surface area contributed by atoms with E-state index in [0.29, 0.717) is 16.7 Å². The van der Waals surface area contributed by atoms with Crippen molar-refractivity contribution in [2.45, 2.75) is 13.3 Å². The standard InChI is InChI=1S/C16H14F2/c1-3-4-12-6-8-13(9-7-12)14-10-5-11(2)15(17)16(14)18/h3,5-10H,1,4H2,2H3. The van der Waals surface area contributed by atoms with Crippen LogP contribution in [0.5, 0.6) is 0 Å². The Balaban J connectivity index is 2.43. The van der Waals surface area contributed by atoms with Crippen molar-refractivity contribution >= 4 is 0 Å². The van der Waals surface area contributed by atoms with Crippen molar-refractivity contribution in [3.8, 4) is 11.1 Å². The molecule has 0 aliphatic carbocycles. The molecule has 0 atom stereocenters. The first-order chi connectivity index (χ1) is 8.63. The quantitative estimate of drug-likeness (QED) is 0.688. The van der Waals surface area contributed by atoms with Crippen LogP contribution in [0.2, 0.25) is 0 Å². The highest BCUT2D eigenvalue weighted by Crippen LogP contribution is 2.26. The Kier molecular flexibility index (Phi) is 3.56. The number of hydrogen-bond donors (Lipinski definition) is 0. The van der Waals surface area contributed by atoms with Crippen LogP contribution in [0.1, 0.15) is 11.1 Å². The minimum absolute atomic E-state index is 0.295. The molecule has 2 aromatic carbocycles. The first-order valence-corrected chi connectivity index (χ1v) is 5.78. The van der Waals surface area contributed by atoms with Crippen molar-refractivity contribution in [2.75, 3.05) is 0 Å². The predicted molar refractivity (Wildman–Crippen MR) is 70.4 cm³/mol. The van der Waals surface area contributed by atoms with E-state index in [1.807, 2.05) is 12.1 Å². The van der Waals surface area contributed by atoms with Crippen LogP contribution in [0, 0.1) is 18.6 Å². The second-order valence-corrected chi connectivity index (χ2v) is 4.25. The van der Waals surface area contributed by atoms with E-state index >= 15 is 0 Å². The maximum absolute atomic E-state index is 13.8. The Morgan fingerprint density at radius 2 is 1.67 bits per heavy atom. The Bertz CT molecular complexity index is 568. The minimum Gasteiger partial charge on any atom is -0.203 e. The predicted octanol–water partition coefficient (Wildman–Crippen LogP) is 4.67. The lowest BCUT2D eigenvalue weighted by atomic mass is 10.0. The summed E-state index contributed by atoms with van der Waals surface area (Å²) < 4.78 is 27.3. The number of allylic oxidation sites excluding steroid dienone is 1. The molecule has 2 rings (SSSR count). The first-order valence-electron chi connectivity index (χ1n) is 5.78. The van der Waals surface area contributed by atoms with E-state index in [9.17, 15) is 8.78 Å². The minimum atomic E-state index is -0.786. The van der Waals surface area contributed by atoms with Crippen molar-refractivity contribution in [2.24, 2.45) is 0 Å². The van der Waals surface area contributed by atoms with Gasteiger partial charge in [-0.1, -0.05) is 42.5 Å². The van der Waals surface area contributed by atoms with Gasteiger partial charge in [0.25, 0.3) is 0 Å². The van der Waals surface area contributed by atoms with Gasteiger partial charge in [-0.25, -0.2) is 8.78 Å². The molecule has 0 radical (unpaired) electrons. The van der Waals surface area contributed by atoms with Gasteiger partial charge in [-0.3, -0.25) is 0 Å². The molecule has 0 nitrogen and oxygen atoms in total. The lowest BCUT2D eigenvalue weighted by molar-refractivity contribution is 0.505. The molecule has 0 saturated heterocycles. The summed E-state index contributed by atoms with van der Waals surface area (Å²) >= 11 is 0. The second kappa shape index (κ2) is 5.13. The van der Waals surface area contributed by atoms with Crippen LogP contribution in [0.25, 0.3) is 11.1 Å². The molecule has 0 amide bonds. The zero-order chi connectivity index (χ0) is 13.1. The van der Waals surface area contributed by atoms with E-state index in [4.69, 9.17) is 0 Å². The lowest BCUT2D eigenvalue weighted by Crippen LogP contribution is -1.93. The summed E-state index contributed by atoms with van der Waals surface area (Å²) in [4.78, 5) is 0. The van der Waals surface area contributed by atoms with Gasteiger partial charge in [-0.15, -0.1) is 6.58 Å². The van der Waals surface area contributed by atoms with Gasteiger partial charge in [0.2, 0.25) is 0 Å². The SMILES string of the molecule is C=CCc1ccc(-c2ccc(C)c(F)c2F)cc1. The number of aryl methyl sites for hydroxylation is 1. The number of benzene rings is 2. The molecule has 92 valence electrons. The third-order valence-corrected chi connectivity index (χ3v) is 2.92. The molecule has 0 spiro atoms. The largest absolute Gasteiger partial charge is 0.203 e. The average molecular weight is 244 g/mol. The van der Waals surface area contributed by atoms with Crippen LogP contribution < -0.4 is 0 Å². The summed E-state index contributed by atoms with van der Waals surface area (Å²) in [7, 11) is 0. The fourth-order valence-electron chi connectivity index (χ4n) is 1.86. The molecule has 0 aliphatic heterocycles. The summed E-state index contributed by atoms with van der Waals surface area (Å²) in [6, 6.07) is 10.6. The van der Waals surface area contributed by atoms with Gasteiger partial charge in [0.15, 0.2) is 11.6 Å². The highest BCUT2D eigenvalue weighted by atomic mass is 19.2. The summed E-state index contributed by atoms with van der Waals surface area (Å²) in [6.07, 6.45) is 2.58. The number of hydrogen-bond acceptors (Lipinski definition) is 0. The monoisotopic (exact) mass is 244 g/mol. The van der Waals surface area contributed by atoms with Crippen LogP contribution in [-0.4, -0.2) is 0 Å². The summed E-state index contributed by atoms with van der Waals surface area (Å²) in [5.41, 5.74) is 2.39. The van der Waals surface area contributed by atoms with Gasteiger partial charge in [0.05, 0.1) is 0 Å². The number of rotatable bonds is 3. The Morgan fingerprint density at radius 3 is 2.28 bits per heavy atom. The molecular formula is C16H14F2. The van der Waals surface area contributed by atoms with Crippen LogP contribution in [-0.2, 0) is 6.42 Å². The Labute approximate surface area is 106 Å². The molecule has 2 aromatic rings. The van der Waals surface area contributed by atoms with Crippen molar-refractivity contribution in [1.29, 1.82) is 0 Å². The maximum Gasteiger partial charge on any atom is 0.166 e. The van der Waals surface area contributed by atoms with Crippen LogP contribution >= 0.6 is 0 Å². The fourth-order valence-corrected chi connectivity index (χ4v) is 1.86. The van der Waals surface area contributed by atoms with E-state index in [2.05, 4.69) is 6.58 Å². The number of halogens is 2. The van der Waals surface area contributed by atoms with Crippen molar-refractivity contribution in [3.63, 3.8) is 0 Å². The van der Waals surface area contributed by atoms with Crippen LogP contribution in [0.3, 0.4) is 0 Å². The molecule has 0 N–H and O–H groups in total. The van der Waals surface area contributed by atoms with E-state index < -0.39 is 11.6 Å². The summed E-state index contributed by atoms with van der Waals surface area (Å²) in [5, 5.41) is 0. The summed E-state index contributed by atoms with van der Waals surface area (Å²) in [6.45, 7) is 5.21. The fraction of sp³-hybridized carbons (Fsp3) is 0.125. The van der Waals surface area contributed by atoms with Gasteiger partial charge in [0.1, 0.15) is 0 Å². The highest BCUT2D eigenvalue weighted by Gasteiger charge is 2.12. The molecule has 2 heteroatoms. The van der Waals surface area contributed by atoms with Crippen molar-refractivity contribution in [1.82, 2.24) is 0 Å². The normalized spacial score (nSPS) is 10.4. The summed E-state index contributed by atoms with van der Waals surface area (Å²) in [5.74, 6) is -1.56. The maximum atomic E-state index is 13.8. The lowest BCUT2D eigenvalue weighted by Gasteiger charge is -2.07. The smallest absolute Gasteiger partial charge is 0.166 e. The molecular weight excluding hydrogens is 230 g/mol. The van der Waals surface area contributed by atoms with Gasteiger partial charge in [-0.2, -0.15) is 0 Å². The van der Waals surface area contributed by atoms with Gasteiger partial charge in [-0.05, 0) is 30.0 Å². The van der Waals surface area contributed by atoms with Crippen LogP contribution in [0.15, 0.2) is 49.1 Å². The van der Waals surface area contributed by atoms with Gasteiger partial charge >= 0.3 is 0 Å². The third kappa shape index (κ3) is 2.33. The molecule has 0 heterocycles. The first kappa shape index (κ1) is 12.5. The van der Waals surface area contributed by atoms with E-state index in [0.717, 1.165) is 12.0 Å². The Hall–Kier alpha value is -1.96. The zero-order valence-electron chi connectivity index (χ0n) is 10.2. The van der Waals surface area contributed by atoms with Crippen molar-refractivity contribution < 1.29 is 8.78 Å². The Morgan fingerprint density at radius 1 is 1.00 bits per heavy atom. The van der Waals surface area contributed by atoms with Crippen LogP contribution in [0.4, 0.5) is 8.78 Å². The molecule has 0 bridgehead atoms. The topological polar surface area (TPSA) is 0 Å². The molecule has 0 aromatic heterocycles. The van der Waals surface area contributed by atoms with Crippen molar-refractivity contribution in [3.05, 3.63) is 71.8 Å². The highest BCUT2D eigenvalue weighted by molar-refractivity contribution is 5.65. The molecule has 0 saturated carbocycles. The third-order valence-electron chi connectivity index (χ3n) is 2.92. The second-order valence-electron chi connectivity index (χ2n) is 4.25. The van der Waals surface area contributed by atoms with Gasteiger partial charge < -0.3 is 0 Å². The zero-order valence-corrected chi connectivity index (χ0v) is 10.2. The molecule has 0 unspecified atom stereocenters. The van der Waals surface area contributed by atoms with E-state index in [1.54, 1.807) is 37.3 Å². The molecule has 0 fully saturated rings. The van der Waals surface area contributed by atoms with Gasteiger partial charge in [0, 0.05) is 5.56 Å². The average Bonchev–Trinajstić information content (AvgIpc) is 2.38.